The molecule has 0 aliphatic carbocycles. The lowest BCUT2D eigenvalue weighted by atomic mass is 10.0. The van der Waals surface area contributed by atoms with E-state index in [1.807, 2.05) is 24.3 Å². The summed E-state index contributed by atoms with van der Waals surface area (Å²) < 4.78 is 5.29. The second kappa shape index (κ2) is 6.76. The molecule has 18 heavy (non-hydrogen) atoms. The molecule has 0 radical (unpaired) electrons. The van der Waals surface area contributed by atoms with Gasteiger partial charge in [0, 0.05) is 31.2 Å². The van der Waals surface area contributed by atoms with Crippen molar-refractivity contribution in [3.63, 3.8) is 0 Å². The number of ether oxygens (including phenoxy) is 1. The van der Waals surface area contributed by atoms with Crippen LogP contribution in [0.15, 0.2) is 24.3 Å². The molecule has 4 heteroatoms. The summed E-state index contributed by atoms with van der Waals surface area (Å²) in [6.07, 6.45) is 2.07. The fourth-order valence-corrected chi connectivity index (χ4v) is 2.21. The lowest BCUT2D eigenvalue weighted by Crippen LogP contribution is -2.32. The molecule has 1 aliphatic heterocycles. The van der Waals surface area contributed by atoms with E-state index in [2.05, 4.69) is 5.32 Å². The minimum atomic E-state index is -0.0115. The number of alkyl halides is 1. The zero-order valence-corrected chi connectivity index (χ0v) is 11.1. The van der Waals surface area contributed by atoms with Crippen molar-refractivity contribution in [1.29, 1.82) is 0 Å². The Morgan fingerprint density at radius 1 is 1.28 bits per heavy atom. The first-order valence-electron chi connectivity index (χ1n) is 6.30. The monoisotopic (exact) mass is 267 g/mol. The van der Waals surface area contributed by atoms with Crippen molar-refractivity contribution in [2.75, 3.05) is 19.8 Å². The molecule has 1 aromatic rings. The van der Waals surface area contributed by atoms with Gasteiger partial charge < -0.3 is 10.1 Å². The third-order valence-corrected chi connectivity index (χ3v) is 3.57. The molecular weight excluding hydrogens is 250 g/mol. The molecule has 1 fully saturated rings. The van der Waals surface area contributed by atoms with Gasteiger partial charge in [0.2, 0.25) is 0 Å². The summed E-state index contributed by atoms with van der Waals surface area (Å²) in [5.74, 6) is 1.01. The van der Waals surface area contributed by atoms with Crippen molar-refractivity contribution >= 4 is 17.5 Å². The molecule has 1 amide bonds. The summed E-state index contributed by atoms with van der Waals surface area (Å²) in [6, 6.07) is 7.40. The normalized spacial score (nSPS) is 16.5. The molecule has 2 rings (SSSR count). The van der Waals surface area contributed by atoms with Crippen LogP contribution in [0.1, 0.15) is 28.8 Å². The van der Waals surface area contributed by atoms with Gasteiger partial charge in [0.15, 0.2) is 0 Å². The lowest BCUT2D eigenvalue weighted by molar-refractivity contribution is 0.0642. The molecule has 0 spiro atoms. The smallest absolute Gasteiger partial charge is 0.251 e. The summed E-state index contributed by atoms with van der Waals surface area (Å²) in [4.78, 5) is 11.9. The van der Waals surface area contributed by atoms with Crippen LogP contribution in [0.25, 0.3) is 0 Å². The molecular formula is C14H18ClNO2. The number of amides is 1. The van der Waals surface area contributed by atoms with Crippen LogP contribution >= 0.6 is 11.6 Å². The Hall–Kier alpha value is -1.06. The van der Waals surface area contributed by atoms with Crippen molar-refractivity contribution in [2.24, 2.45) is 5.92 Å². The van der Waals surface area contributed by atoms with Gasteiger partial charge in [0.1, 0.15) is 0 Å². The largest absolute Gasteiger partial charge is 0.381 e. The number of nitrogens with one attached hydrogen (secondary N) is 1. The molecule has 1 heterocycles. The van der Waals surface area contributed by atoms with E-state index in [-0.39, 0.29) is 5.91 Å². The quantitative estimate of drug-likeness (QED) is 0.852. The summed E-state index contributed by atoms with van der Waals surface area (Å²) in [7, 11) is 0. The SMILES string of the molecule is O=C(NCC1CCOCC1)c1ccc(CCl)cc1. The lowest BCUT2D eigenvalue weighted by Gasteiger charge is -2.22. The highest BCUT2D eigenvalue weighted by molar-refractivity contribution is 6.17. The van der Waals surface area contributed by atoms with E-state index in [1.54, 1.807) is 0 Å². The highest BCUT2D eigenvalue weighted by atomic mass is 35.5. The van der Waals surface area contributed by atoms with Gasteiger partial charge in [-0.2, -0.15) is 0 Å². The van der Waals surface area contributed by atoms with Crippen LogP contribution in [0, 0.1) is 5.92 Å². The zero-order chi connectivity index (χ0) is 12.8. The number of halogens is 1. The summed E-state index contributed by atoms with van der Waals surface area (Å²) in [5, 5.41) is 2.98. The maximum atomic E-state index is 11.9. The molecule has 0 bridgehead atoms. The Bertz CT molecular complexity index is 385. The summed E-state index contributed by atoms with van der Waals surface area (Å²) >= 11 is 5.71. The van der Waals surface area contributed by atoms with E-state index in [0.717, 1.165) is 38.2 Å². The minimum Gasteiger partial charge on any atom is -0.381 e. The van der Waals surface area contributed by atoms with Gasteiger partial charge in [0.05, 0.1) is 0 Å². The molecule has 3 nitrogen and oxygen atoms in total. The predicted octanol–water partition coefficient (Wildman–Crippen LogP) is 2.58. The molecule has 1 saturated heterocycles. The van der Waals surface area contributed by atoms with Gasteiger partial charge in [0.25, 0.3) is 5.91 Å². The van der Waals surface area contributed by atoms with Crippen LogP contribution in [-0.2, 0) is 10.6 Å². The molecule has 1 N–H and O–H groups in total. The van der Waals surface area contributed by atoms with E-state index in [1.165, 1.54) is 0 Å². The van der Waals surface area contributed by atoms with Crippen molar-refractivity contribution in [3.8, 4) is 0 Å². The average molecular weight is 268 g/mol. The Labute approximate surface area is 112 Å². The first-order valence-corrected chi connectivity index (χ1v) is 6.84. The van der Waals surface area contributed by atoms with Crippen LogP contribution in [0.3, 0.4) is 0 Å². The molecule has 0 unspecified atom stereocenters. The highest BCUT2D eigenvalue weighted by Gasteiger charge is 2.15. The second-order valence-electron chi connectivity index (χ2n) is 4.60. The van der Waals surface area contributed by atoms with Gasteiger partial charge in [-0.1, -0.05) is 12.1 Å². The second-order valence-corrected chi connectivity index (χ2v) is 4.86. The Morgan fingerprint density at radius 2 is 1.94 bits per heavy atom. The molecule has 0 aromatic heterocycles. The Morgan fingerprint density at radius 3 is 2.56 bits per heavy atom. The summed E-state index contributed by atoms with van der Waals surface area (Å²) in [6.45, 7) is 2.36. The molecule has 98 valence electrons. The number of hydrogen-bond acceptors (Lipinski definition) is 2. The first kappa shape index (κ1) is 13.4. The fraction of sp³-hybridized carbons (Fsp3) is 0.500. The van der Waals surface area contributed by atoms with Crippen LogP contribution < -0.4 is 5.32 Å². The topological polar surface area (TPSA) is 38.3 Å². The first-order chi connectivity index (χ1) is 8.79. The number of benzene rings is 1. The van der Waals surface area contributed by atoms with Crippen molar-refractivity contribution in [1.82, 2.24) is 5.32 Å². The average Bonchev–Trinajstić information content (AvgIpc) is 2.46. The van der Waals surface area contributed by atoms with E-state index in [9.17, 15) is 4.79 Å². The van der Waals surface area contributed by atoms with Crippen LogP contribution in [0.4, 0.5) is 0 Å². The molecule has 0 saturated carbocycles. The predicted molar refractivity (Wildman–Crippen MR) is 71.9 cm³/mol. The standard InChI is InChI=1S/C14H18ClNO2/c15-9-11-1-3-13(4-2-11)14(17)16-10-12-5-7-18-8-6-12/h1-4,12H,5-10H2,(H,16,17). The number of rotatable bonds is 4. The van der Waals surface area contributed by atoms with Gasteiger partial charge in [-0.15, -0.1) is 11.6 Å². The van der Waals surface area contributed by atoms with Crippen molar-refractivity contribution in [3.05, 3.63) is 35.4 Å². The van der Waals surface area contributed by atoms with Crippen molar-refractivity contribution < 1.29 is 9.53 Å². The number of hydrogen-bond donors (Lipinski definition) is 1. The number of carbonyl (C=O) groups excluding carboxylic acids is 1. The maximum Gasteiger partial charge on any atom is 0.251 e. The minimum absolute atomic E-state index is 0.0115. The maximum absolute atomic E-state index is 11.9. The van der Waals surface area contributed by atoms with Gasteiger partial charge in [-0.05, 0) is 36.5 Å². The number of carbonyl (C=O) groups is 1. The van der Waals surface area contributed by atoms with Gasteiger partial charge in [-0.25, -0.2) is 0 Å². The fourth-order valence-electron chi connectivity index (χ4n) is 2.03. The van der Waals surface area contributed by atoms with Crippen LogP contribution in [0.5, 0.6) is 0 Å². The van der Waals surface area contributed by atoms with Crippen LogP contribution in [0.2, 0.25) is 0 Å². The van der Waals surface area contributed by atoms with Gasteiger partial charge >= 0.3 is 0 Å². The van der Waals surface area contributed by atoms with E-state index in [0.29, 0.717) is 17.4 Å². The van der Waals surface area contributed by atoms with Gasteiger partial charge in [-0.3, -0.25) is 4.79 Å². The van der Waals surface area contributed by atoms with E-state index in [4.69, 9.17) is 16.3 Å². The van der Waals surface area contributed by atoms with Crippen molar-refractivity contribution in [2.45, 2.75) is 18.7 Å². The van der Waals surface area contributed by atoms with E-state index >= 15 is 0 Å². The summed E-state index contributed by atoms with van der Waals surface area (Å²) in [5.41, 5.74) is 1.72. The molecule has 0 atom stereocenters. The Balaban J connectivity index is 1.82. The molecule has 1 aliphatic rings. The Kier molecular flexibility index (Phi) is 5.02. The van der Waals surface area contributed by atoms with Crippen LogP contribution in [-0.4, -0.2) is 25.7 Å². The third-order valence-electron chi connectivity index (χ3n) is 3.26. The zero-order valence-electron chi connectivity index (χ0n) is 10.3. The third kappa shape index (κ3) is 3.72. The highest BCUT2D eigenvalue weighted by Crippen LogP contribution is 2.13. The van der Waals surface area contributed by atoms with E-state index < -0.39 is 0 Å². The molecule has 1 aromatic carbocycles.